The summed E-state index contributed by atoms with van der Waals surface area (Å²) in [4.78, 5) is 0.174. The summed E-state index contributed by atoms with van der Waals surface area (Å²) in [6.45, 7) is 4.25. The van der Waals surface area contributed by atoms with Gasteiger partial charge in [0, 0.05) is 19.2 Å². The lowest BCUT2D eigenvalue weighted by Gasteiger charge is -2.21. The summed E-state index contributed by atoms with van der Waals surface area (Å²) in [5, 5.41) is 9.27. The number of sulfonamides is 1. The van der Waals surface area contributed by atoms with E-state index in [-0.39, 0.29) is 11.5 Å². The molecule has 1 unspecified atom stereocenters. The minimum absolute atomic E-state index is 0.174. The van der Waals surface area contributed by atoms with Crippen LogP contribution in [-0.2, 0) is 16.6 Å². The van der Waals surface area contributed by atoms with Crippen LogP contribution in [-0.4, -0.2) is 38.5 Å². The van der Waals surface area contributed by atoms with Gasteiger partial charge in [-0.05, 0) is 24.1 Å². The van der Waals surface area contributed by atoms with Crippen LogP contribution in [0.5, 0.6) is 5.75 Å². The number of methoxy groups -OCH3 is 1. The number of aliphatic hydroxyl groups is 1. The van der Waals surface area contributed by atoms with Gasteiger partial charge in [0.1, 0.15) is 5.75 Å². The van der Waals surface area contributed by atoms with Gasteiger partial charge in [0.15, 0.2) is 0 Å². The molecule has 0 spiro atoms. The molecule has 1 rings (SSSR count). The Morgan fingerprint density at radius 3 is 2.55 bits per heavy atom. The number of hydrogen-bond acceptors (Lipinski definition) is 4. The van der Waals surface area contributed by atoms with Crippen molar-refractivity contribution in [2.75, 3.05) is 20.7 Å². The summed E-state index contributed by atoms with van der Waals surface area (Å²) >= 11 is 0. The molecular formula is C14H23NO4S. The van der Waals surface area contributed by atoms with Gasteiger partial charge in [0.2, 0.25) is 10.0 Å². The lowest BCUT2D eigenvalue weighted by Crippen LogP contribution is -2.31. The van der Waals surface area contributed by atoms with Crippen molar-refractivity contribution < 1.29 is 18.3 Å². The SMILES string of the molecule is CCC(C)CN(C)S(=O)(=O)c1ccc(OC)c(CO)c1. The predicted octanol–water partition coefficient (Wildman–Crippen LogP) is 1.85. The summed E-state index contributed by atoms with van der Waals surface area (Å²) in [6, 6.07) is 4.53. The fourth-order valence-electron chi connectivity index (χ4n) is 1.89. The molecule has 1 N–H and O–H groups in total. The van der Waals surface area contributed by atoms with E-state index in [2.05, 4.69) is 0 Å². The number of benzene rings is 1. The van der Waals surface area contributed by atoms with Crippen LogP contribution in [0.3, 0.4) is 0 Å². The minimum Gasteiger partial charge on any atom is -0.496 e. The fraction of sp³-hybridized carbons (Fsp3) is 0.571. The molecule has 1 aromatic rings. The molecular weight excluding hydrogens is 278 g/mol. The largest absolute Gasteiger partial charge is 0.496 e. The van der Waals surface area contributed by atoms with Crippen molar-refractivity contribution in [1.29, 1.82) is 0 Å². The van der Waals surface area contributed by atoms with Gasteiger partial charge >= 0.3 is 0 Å². The molecule has 20 heavy (non-hydrogen) atoms. The maximum Gasteiger partial charge on any atom is 0.242 e. The zero-order valence-corrected chi connectivity index (χ0v) is 13.3. The maximum absolute atomic E-state index is 12.5. The number of hydrogen-bond donors (Lipinski definition) is 1. The number of aliphatic hydroxyl groups excluding tert-OH is 1. The third-order valence-corrected chi connectivity index (χ3v) is 5.22. The van der Waals surface area contributed by atoms with Crippen LogP contribution < -0.4 is 4.74 Å². The first-order valence-corrected chi connectivity index (χ1v) is 8.04. The Kier molecular flexibility index (Phi) is 5.98. The van der Waals surface area contributed by atoms with Gasteiger partial charge in [-0.2, -0.15) is 0 Å². The monoisotopic (exact) mass is 301 g/mol. The molecule has 1 atom stereocenters. The smallest absolute Gasteiger partial charge is 0.242 e. The van der Waals surface area contributed by atoms with Crippen LogP contribution in [0, 0.1) is 5.92 Å². The van der Waals surface area contributed by atoms with Crippen LogP contribution in [0.25, 0.3) is 0 Å². The lowest BCUT2D eigenvalue weighted by atomic mass is 10.1. The lowest BCUT2D eigenvalue weighted by molar-refractivity contribution is 0.273. The van der Waals surface area contributed by atoms with Gasteiger partial charge in [-0.3, -0.25) is 0 Å². The summed E-state index contributed by atoms with van der Waals surface area (Å²) in [5.41, 5.74) is 0.463. The molecule has 0 aliphatic carbocycles. The van der Waals surface area contributed by atoms with Crippen molar-refractivity contribution in [2.45, 2.75) is 31.8 Å². The molecule has 0 heterocycles. The summed E-state index contributed by atoms with van der Waals surface area (Å²) in [7, 11) is -0.477. The van der Waals surface area contributed by atoms with Crippen molar-refractivity contribution >= 4 is 10.0 Å². The standard InChI is InChI=1S/C14H23NO4S/c1-5-11(2)9-15(3)20(17,18)13-6-7-14(19-4)12(8-13)10-16/h6-8,11,16H,5,9-10H2,1-4H3. The molecule has 0 amide bonds. The Balaban J connectivity index is 3.09. The van der Waals surface area contributed by atoms with E-state index in [9.17, 15) is 13.5 Å². The molecule has 0 fully saturated rings. The minimum atomic E-state index is -3.54. The Hall–Kier alpha value is -1.11. The van der Waals surface area contributed by atoms with Crippen LogP contribution in [0.4, 0.5) is 0 Å². The van der Waals surface area contributed by atoms with E-state index in [0.29, 0.717) is 23.8 Å². The topological polar surface area (TPSA) is 66.8 Å². The number of ether oxygens (including phenoxy) is 1. The van der Waals surface area contributed by atoms with Gasteiger partial charge in [-0.1, -0.05) is 20.3 Å². The third kappa shape index (κ3) is 3.71. The molecule has 0 saturated carbocycles. The van der Waals surface area contributed by atoms with Crippen LogP contribution in [0.2, 0.25) is 0 Å². The summed E-state index contributed by atoms with van der Waals surface area (Å²) < 4.78 is 31.3. The highest BCUT2D eigenvalue weighted by Crippen LogP contribution is 2.24. The van der Waals surface area contributed by atoms with Gasteiger partial charge in [0.05, 0.1) is 18.6 Å². The van der Waals surface area contributed by atoms with Crippen molar-refractivity contribution in [3.63, 3.8) is 0 Å². The zero-order chi connectivity index (χ0) is 15.3. The first-order valence-electron chi connectivity index (χ1n) is 6.60. The van der Waals surface area contributed by atoms with E-state index in [1.807, 2.05) is 13.8 Å². The maximum atomic E-state index is 12.5. The normalized spacial score (nSPS) is 13.5. The quantitative estimate of drug-likeness (QED) is 0.834. The van der Waals surface area contributed by atoms with Crippen LogP contribution in [0.15, 0.2) is 23.1 Å². The Morgan fingerprint density at radius 1 is 1.40 bits per heavy atom. The van der Waals surface area contributed by atoms with Gasteiger partial charge in [-0.15, -0.1) is 0 Å². The number of nitrogens with zero attached hydrogens (tertiary/aromatic N) is 1. The second kappa shape index (κ2) is 7.06. The molecule has 5 nitrogen and oxygen atoms in total. The summed E-state index contributed by atoms with van der Waals surface area (Å²) in [5.74, 6) is 0.779. The fourth-order valence-corrected chi connectivity index (χ4v) is 3.23. The van der Waals surface area contributed by atoms with E-state index in [1.54, 1.807) is 13.1 Å². The Morgan fingerprint density at radius 2 is 2.05 bits per heavy atom. The molecule has 0 aliphatic heterocycles. The highest BCUT2D eigenvalue weighted by Gasteiger charge is 2.23. The molecule has 0 saturated heterocycles. The van der Waals surface area contributed by atoms with Gasteiger partial charge in [-0.25, -0.2) is 12.7 Å². The first-order chi connectivity index (χ1) is 9.36. The average molecular weight is 301 g/mol. The first kappa shape index (κ1) is 16.9. The van der Waals surface area contributed by atoms with E-state index < -0.39 is 10.0 Å². The van der Waals surface area contributed by atoms with E-state index in [4.69, 9.17) is 4.74 Å². The summed E-state index contributed by atoms with van der Waals surface area (Å²) in [6.07, 6.45) is 0.921. The predicted molar refractivity (Wildman–Crippen MR) is 78.2 cm³/mol. The van der Waals surface area contributed by atoms with Gasteiger partial charge in [0.25, 0.3) is 0 Å². The second-order valence-corrected chi connectivity index (χ2v) is 6.98. The molecule has 0 radical (unpaired) electrons. The van der Waals surface area contributed by atoms with E-state index >= 15 is 0 Å². The van der Waals surface area contributed by atoms with Crippen molar-refractivity contribution in [2.24, 2.45) is 5.92 Å². The molecule has 0 aliphatic rings. The highest BCUT2D eigenvalue weighted by molar-refractivity contribution is 7.89. The zero-order valence-electron chi connectivity index (χ0n) is 12.5. The molecule has 0 bridgehead atoms. The van der Waals surface area contributed by atoms with Gasteiger partial charge < -0.3 is 9.84 Å². The Bertz CT molecular complexity index is 542. The highest BCUT2D eigenvalue weighted by atomic mass is 32.2. The van der Waals surface area contributed by atoms with Crippen molar-refractivity contribution in [3.05, 3.63) is 23.8 Å². The van der Waals surface area contributed by atoms with Crippen molar-refractivity contribution in [1.82, 2.24) is 4.31 Å². The van der Waals surface area contributed by atoms with Crippen molar-refractivity contribution in [3.8, 4) is 5.75 Å². The molecule has 114 valence electrons. The molecule has 1 aromatic carbocycles. The van der Waals surface area contributed by atoms with E-state index in [1.165, 1.54) is 23.5 Å². The third-order valence-electron chi connectivity index (χ3n) is 3.40. The van der Waals surface area contributed by atoms with Crippen LogP contribution in [0.1, 0.15) is 25.8 Å². The second-order valence-electron chi connectivity index (χ2n) is 4.93. The Labute approximate surface area is 121 Å². The molecule has 0 aromatic heterocycles. The van der Waals surface area contributed by atoms with E-state index in [0.717, 1.165) is 6.42 Å². The van der Waals surface area contributed by atoms with Crippen LogP contribution >= 0.6 is 0 Å². The number of rotatable bonds is 7. The average Bonchev–Trinajstić information content (AvgIpc) is 2.45. The molecule has 6 heteroatoms.